The van der Waals surface area contributed by atoms with Gasteiger partial charge in [0.05, 0.1) is 17.4 Å². The minimum absolute atomic E-state index is 0.182. The Hall–Kier alpha value is -1.88. The van der Waals surface area contributed by atoms with Crippen LogP contribution in [0.2, 0.25) is 0 Å². The van der Waals surface area contributed by atoms with E-state index in [1.165, 1.54) is 12.8 Å². The summed E-state index contributed by atoms with van der Waals surface area (Å²) in [4.78, 5) is 24.6. The second-order valence-corrected chi connectivity index (χ2v) is 6.01. The zero-order valence-electron chi connectivity index (χ0n) is 14.1. The summed E-state index contributed by atoms with van der Waals surface area (Å²) in [6.07, 6.45) is 4.71. The van der Waals surface area contributed by atoms with Crippen LogP contribution in [0.15, 0.2) is 18.2 Å². The zero-order valence-corrected chi connectivity index (χ0v) is 14.1. The molecule has 1 aliphatic rings. The first-order chi connectivity index (χ1) is 11.1. The number of anilines is 1. The minimum atomic E-state index is -0.476. The maximum atomic E-state index is 12.5. The van der Waals surface area contributed by atoms with Gasteiger partial charge in [0.15, 0.2) is 0 Å². The van der Waals surface area contributed by atoms with Gasteiger partial charge in [-0.05, 0) is 37.8 Å². The molecule has 1 aromatic rings. The molecule has 1 unspecified atom stereocenters. The molecule has 1 fully saturated rings. The Morgan fingerprint density at radius 2 is 2.00 bits per heavy atom. The molecule has 0 radical (unpaired) electrons. The van der Waals surface area contributed by atoms with Gasteiger partial charge in [0, 0.05) is 7.05 Å². The van der Waals surface area contributed by atoms with Gasteiger partial charge < -0.3 is 15.4 Å². The molecule has 0 aromatic heterocycles. The topological polar surface area (TPSA) is 67.4 Å². The number of amides is 2. The molecular formula is C18H26N2O3. The Morgan fingerprint density at radius 3 is 2.61 bits per heavy atom. The van der Waals surface area contributed by atoms with Crippen LogP contribution >= 0.6 is 0 Å². The molecule has 23 heavy (non-hydrogen) atoms. The van der Waals surface area contributed by atoms with Crippen LogP contribution in [-0.4, -0.2) is 31.1 Å². The summed E-state index contributed by atoms with van der Waals surface area (Å²) < 4.78 is 5.94. The number of nitrogens with one attached hydrogen (secondary N) is 2. The van der Waals surface area contributed by atoms with E-state index in [9.17, 15) is 9.59 Å². The lowest BCUT2D eigenvalue weighted by atomic mass is 10.1. The maximum absolute atomic E-state index is 12.5. The summed E-state index contributed by atoms with van der Waals surface area (Å²) in [5.41, 5.74) is 1.86. The van der Waals surface area contributed by atoms with Gasteiger partial charge in [-0.1, -0.05) is 31.9 Å². The van der Waals surface area contributed by atoms with Crippen molar-refractivity contribution < 1.29 is 14.3 Å². The highest BCUT2D eigenvalue weighted by atomic mass is 16.5. The first-order valence-corrected chi connectivity index (χ1v) is 8.34. The largest absolute Gasteiger partial charge is 0.365 e. The molecule has 5 heteroatoms. The number of carbonyl (C=O) groups is 2. The zero-order chi connectivity index (χ0) is 16.8. The van der Waals surface area contributed by atoms with Crippen molar-refractivity contribution in [2.75, 3.05) is 12.4 Å². The summed E-state index contributed by atoms with van der Waals surface area (Å²) in [6.45, 7) is 3.79. The lowest BCUT2D eigenvalue weighted by molar-refractivity contribution is -0.131. The molecule has 0 heterocycles. The van der Waals surface area contributed by atoms with Crippen molar-refractivity contribution in [2.24, 2.45) is 0 Å². The number of ether oxygens (including phenoxy) is 1. The Labute approximate surface area is 137 Å². The van der Waals surface area contributed by atoms with Gasteiger partial charge in [-0.3, -0.25) is 9.59 Å². The molecule has 0 aliphatic heterocycles. The Bertz CT molecular complexity index is 565. The smallest absolute Gasteiger partial charge is 0.253 e. The predicted octanol–water partition coefficient (Wildman–Crippen LogP) is 3.03. The summed E-state index contributed by atoms with van der Waals surface area (Å²) in [6, 6.07) is 5.43. The first-order valence-electron chi connectivity index (χ1n) is 8.34. The fourth-order valence-electron chi connectivity index (χ4n) is 3.01. The van der Waals surface area contributed by atoms with Crippen molar-refractivity contribution in [1.82, 2.24) is 5.32 Å². The van der Waals surface area contributed by atoms with E-state index >= 15 is 0 Å². The summed E-state index contributed by atoms with van der Waals surface area (Å²) in [5.74, 6) is -0.390. The third-order valence-corrected chi connectivity index (χ3v) is 4.31. The van der Waals surface area contributed by atoms with Crippen LogP contribution in [0.4, 0.5) is 5.69 Å². The lowest BCUT2D eigenvalue weighted by Crippen LogP contribution is -2.33. The van der Waals surface area contributed by atoms with Gasteiger partial charge in [0.25, 0.3) is 11.8 Å². The molecule has 1 aromatic carbocycles. The maximum Gasteiger partial charge on any atom is 0.253 e. The van der Waals surface area contributed by atoms with Gasteiger partial charge in [-0.25, -0.2) is 0 Å². The van der Waals surface area contributed by atoms with Crippen molar-refractivity contribution in [2.45, 2.75) is 58.2 Å². The van der Waals surface area contributed by atoms with Gasteiger partial charge in [0.2, 0.25) is 0 Å². The van der Waals surface area contributed by atoms with E-state index in [0.717, 1.165) is 18.4 Å². The Kier molecular flexibility index (Phi) is 6.16. The second kappa shape index (κ2) is 8.11. The van der Waals surface area contributed by atoms with Crippen LogP contribution in [0.5, 0.6) is 0 Å². The van der Waals surface area contributed by atoms with Crippen molar-refractivity contribution >= 4 is 17.5 Å². The van der Waals surface area contributed by atoms with Gasteiger partial charge in [0.1, 0.15) is 6.10 Å². The van der Waals surface area contributed by atoms with E-state index in [4.69, 9.17) is 4.74 Å². The number of aryl methyl sites for hydroxylation is 1. The summed E-state index contributed by atoms with van der Waals surface area (Å²) >= 11 is 0. The SMILES string of the molecule is CCC(OC1CCCC1)C(=O)Nc1cccc(C)c1C(=O)NC. The molecule has 1 atom stereocenters. The molecule has 5 nitrogen and oxygen atoms in total. The molecule has 2 amide bonds. The molecule has 126 valence electrons. The highest BCUT2D eigenvalue weighted by Crippen LogP contribution is 2.24. The number of rotatable bonds is 6. The van der Waals surface area contributed by atoms with Crippen LogP contribution < -0.4 is 10.6 Å². The fraction of sp³-hybridized carbons (Fsp3) is 0.556. The van der Waals surface area contributed by atoms with Gasteiger partial charge in [-0.2, -0.15) is 0 Å². The third kappa shape index (κ3) is 4.32. The summed E-state index contributed by atoms with van der Waals surface area (Å²) in [7, 11) is 1.58. The van der Waals surface area contributed by atoms with Crippen molar-refractivity contribution in [3.05, 3.63) is 29.3 Å². The Balaban J connectivity index is 2.12. The van der Waals surface area contributed by atoms with Crippen LogP contribution in [0, 0.1) is 6.92 Å². The van der Waals surface area contributed by atoms with Crippen LogP contribution in [0.25, 0.3) is 0 Å². The van der Waals surface area contributed by atoms with E-state index in [1.807, 2.05) is 26.0 Å². The average Bonchev–Trinajstić information content (AvgIpc) is 3.05. The molecule has 1 aliphatic carbocycles. The highest BCUT2D eigenvalue weighted by Gasteiger charge is 2.25. The van der Waals surface area contributed by atoms with E-state index in [-0.39, 0.29) is 17.9 Å². The molecule has 0 bridgehead atoms. The fourth-order valence-corrected chi connectivity index (χ4v) is 3.01. The monoisotopic (exact) mass is 318 g/mol. The number of carbonyl (C=O) groups excluding carboxylic acids is 2. The second-order valence-electron chi connectivity index (χ2n) is 6.01. The molecule has 1 saturated carbocycles. The van der Waals surface area contributed by atoms with Crippen molar-refractivity contribution in [3.63, 3.8) is 0 Å². The highest BCUT2D eigenvalue weighted by molar-refractivity contribution is 6.05. The quantitative estimate of drug-likeness (QED) is 0.847. The van der Waals surface area contributed by atoms with Gasteiger partial charge in [-0.15, -0.1) is 0 Å². The number of hydrogen-bond donors (Lipinski definition) is 2. The molecular weight excluding hydrogens is 292 g/mol. The van der Waals surface area contributed by atoms with E-state index in [1.54, 1.807) is 13.1 Å². The molecule has 0 saturated heterocycles. The van der Waals surface area contributed by atoms with E-state index in [2.05, 4.69) is 10.6 Å². The minimum Gasteiger partial charge on any atom is -0.365 e. The molecule has 2 rings (SSSR count). The van der Waals surface area contributed by atoms with Crippen LogP contribution in [-0.2, 0) is 9.53 Å². The van der Waals surface area contributed by atoms with Crippen molar-refractivity contribution in [3.8, 4) is 0 Å². The molecule has 2 N–H and O–H groups in total. The number of benzene rings is 1. The summed E-state index contributed by atoms with van der Waals surface area (Å²) in [5, 5.41) is 5.48. The predicted molar refractivity (Wildman–Crippen MR) is 90.6 cm³/mol. The number of hydrogen-bond acceptors (Lipinski definition) is 3. The molecule has 0 spiro atoms. The lowest BCUT2D eigenvalue weighted by Gasteiger charge is -2.21. The Morgan fingerprint density at radius 1 is 1.30 bits per heavy atom. The van der Waals surface area contributed by atoms with Gasteiger partial charge >= 0.3 is 0 Å². The first kappa shape index (κ1) is 17.5. The van der Waals surface area contributed by atoms with Crippen LogP contribution in [0.1, 0.15) is 54.9 Å². The standard InChI is InChI=1S/C18H26N2O3/c1-4-15(23-13-9-5-6-10-13)17(21)20-14-11-7-8-12(2)16(14)18(22)19-3/h7-8,11,13,15H,4-6,9-10H2,1-3H3,(H,19,22)(H,20,21). The normalized spacial score (nSPS) is 16.1. The third-order valence-electron chi connectivity index (χ3n) is 4.31. The van der Waals surface area contributed by atoms with Crippen LogP contribution in [0.3, 0.4) is 0 Å². The van der Waals surface area contributed by atoms with Crippen molar-refractivity contribution in [1.29, 1.82) is 0 Å². The van der Waals surface area contributed by atoms with E-state index in [0.29, 0.717) is 17.7 Å². The average molecular weight is 318 g/mol. The van der Waals surface area contributed by atoms with E-state index < -0.39 is 6.10 Å².